The van der Waals surface area contributed by atoms with E-state index in [4.69, 9.17) is 4.52 Å². The highest BCUT2D eigenvalue weighted by molar-refractivity contribution is 7.54. The number of carbonyl (C=O) groups excluding carboxylic acids is 1. The van der Waals surface area contributed by atoms with Crippen molar-refractivity contribution in [1.82, 2.24) is 0 Å². The molecule has 0 saturated heterocycles. The molecule has 154 valence electrons. The van der Waals surface area contributed by atoms with E-state index in [2.05, 4.69) is 42.5 Å². The Kier molecular flexibility index (Phi) is 6.30. The van der Waals surface area contributed by atoms with Crippen molar-refractivity contribution in [2.45, 2.75) is 20.8 Å². The Balaban J connectivity index is 1.72. The van der Waals surface area contributed by atoms with Gasteiger partial charge in [0.15, 0.2) is 0 Å². The van der Waals surface area contributed by atoms with E-state index < -0.39 is 0 Å². The molecule has 4 aromatic carbocycles. The zero-order valence-electron chi connectivity index (χ0n) is 18.0. The zero-order chi connectivity index (χ0) is 21.8. The van der Waals surface area contributed by atoms with Crippen LogP contribution in [0, 0.1) is 20.8 Å². The van der Waals surface area contributed by atoms with Crippen molar-refractivity contribution in [3.05, 3.63) is 113 Å². The predicted molar refractivity (Wildman–Crippen MR) is 131 cm³/mol. The van der Waals surface area contributed by atoms with Crippen molar-refractivity contribution < 1.29 is 9.32 Å². The maximum atomic E-state index is 13.1. The minimum atomic E-state index is -0.293. The molecule has 3 heteroatoms. The summed E-state index contributed by atoms with van der Waals surface area (Å²) >= 11 is 0. The van der Waals surface area contributed by atoms with Gasteiger partial charge in [0.1, 0.15) is 14.6 Å². The average molecular weight is 424 g/mol. The Hall–Kier alpha value is -3.22. The van der Waals surface area contributed by atoms with Gasteiger partial charge < -0.3 is 4.52 Å². The molecule has 0 aromatic heterocycles. The fourth-order valence-electron chi connectivity index (χ4n) is 4.07. The van der Waals surface area contributed by atoms with E-state index >= 15 is 0 Å². The number of benzene rings is 4. The van der Waals surface area contributed by atoms with Crippen molar-refractivity contribution >= 4 is 14.3 Å². The van der Waals surface area contributed by atoms with Crippen LogP contribution >= 0.6 is 8.81 Å². The van der Waals surface area contributed by atoms with Gasteiger partial charge in [-0.3, -0.25) is 4.79 Å². The van der Waals surface area contributed by atoms with Gasteiger partial charge in [-0.1, -0.05) is 90.5 Å². The van der Waals surface area contributed by atoms with Gasteiger partial charge in [-0.25, -0.2) is 0 Å². The minimum absolute atomic E-state index is 0.0270. The molecule has 0 saturated carbocycles. The molecule has 0 fully saturated rings. The van der Waals surface area contributed by atoms with E-state index in [1.165, 1.54) is 0 Å². The summed E-state index contributed by atoms with van der Waals surface area (Å²) in [5.41, 5.74) is 8.24. The average Bonchev–Trinajstić information content (AvgIpc) is 2.78. The first-order chi connectivity index (χ1) is 15.0. The van der Waals surface area contributed by atoms with Gasteiger partial charge in [0.2, 0.25) is 5.52 Å². The normalized spacial score (nSPS) is 11.1. The van der Waals surface area contributed by atoms with Crippen molar-refractivity contribution in [2.75, 3.05) is 0 Å². The molecule has 0 aliphatic rings. The van der Waals surface area contributed by atoms with Crippen LogP contribution < -0.4 is 4.52 Å². The molecule has 2 nitrogen and oxygen atoms in total. The summed E-state index contributed by atoms with van der Waals surface area (Å²) in [6.07, 6.45) is 0. The van der Waals surface area contributed by atoms with Gasteiger partial charge in [0.05, 0.1) is 0 Å². The first-order valence-electron chi connectivity index (χ1n) is 10.3. The standard InChI is InChI=1S/C28H25O2P/c1-19-17-20(2)26(21(3)18-19)28(29)31-30-25-16-10-15-24(22-11-6-4-7-12-22)27(25)23-13-8-5-9-14-23/h4-18,31H,1-3H3. The van der Waals surface area contributed by atoms with E-state index in [0.717, 1.165) is 50.3 Å². The van der Waals surface area contributed by atoms with E-state index in [1.807, 2.05) is 69.3 Å². The quantitative estimate of drug-likeness (QED) is 0.296. The Labute approximate surface area is 185 Å². The molecule has 0 aliphatic heterocycles. The van der Waals surface area contributed by atoms with Crippen LogP contribution in [0.3, 0.4) is 0 Å². The van der Waals surface area contributed by atoms with Crippen LogP contribution in [0.2, 0.25) is 0 Å². The second-order valence-electron chi connectivity index (χ2n) is 7.72. The van der Waals surface area contributed by atoms with Crippen LogP contribution in [0.1, 0.15) is 27.0 Å². The monoisotopic (exact) mass is 424 g/mol. The SMILES string of the molecule is Cc1cc(C)c(C(=O)POc2cccc(-c3ccccc3)c2-c2ccccc2)c(C)c1. The lowest BCUT2D eigenvalue weighted by atomic mass is 9.94. The van der Waals surface area contributed by atoms with Gasteiger partial charge in [0, 0.05) is 11.1 Å². The van der Waals surface area contributed by atoms with E-state index in [9.17, 15) is 4.79 Å². The number of hydrogen-bond acceptors (Lipinski definition) is 2. The molecule has 0 bridgehead atoms. The van der Waals surface area contributed by atoms with E-state index in [0.29, 0.717) is 0 Å². The maximum Gasteiger partial charge on any atom is 0.221 e. The molecule has 0 heterocycles. The third-order valence-electron chi connectivity index (χ3n) is 5.33. The van der Waals surface area contributed by atoms with Gasteiger partial charge in [-0.15, -0.1) is 0 Å². The third-order valence-corrected chi connectivity index (χ3v) is 6.09. The highest BCUT2D eigenvalue weighted by atomic mass is 31.1. The second-order valence-corrected chi connectivity index (χ2v) is 8.58. The summed E-state index contributed by atoms with van der Waals surface area (Å²) < 4.78 is 6.19. The number of aryl methyl sites for hydroxylation is 3. The van der Waals surface area contributed by atoms with Crippen LogP contribution in [0.15, 0.2) is 91.0 Å². The Bertz CT molecular complexity index is 1190. The molecule has 0 radical (unpaired) electrons. The molecule has 31 heavy (non-hydrogen) atoms. The summed E-state index contributed by atoms with van der Waals surface area (Å²) in [4.78, 5) is 13.1. The lowest BCUT2D eigenvalue weighted by Gasteiger charge is -2.17. The van der Waals surface area contributed by atoms with Crippen molar-refractivity contribution in [3.63, 3.8) is 0 Å². The first kappa shape index (κ1) is 21.0. The fraction of sp³-hybridized carbons (Fsp3) is 0.107. The smallest absolute Gasteiger partial charge is 0.221 e. The molecule has 0 N–H and O–H groups in total. The summed E-state index contributed by atoms with van der Waals surface area (Å²) in [7, 11) is -0.293. The molecule has 1 unspecified atom stereocenters. The van der Waals surface area contributed by atoms with Crippen molar-refractivity contribution in [1.29, 1.82) is 0 Å². The van der Waals surface area contributed by atoms with Gasteiger partial charge in [0.25, 0.3) is 0 Å². The molecule has 4 rings (SSSR count). The Morgan fingerprint density at radius 1 is 0.710 bits per heavy atom. The zero-order valence-corrected chi connectivity index (χ0v) is 19.0. The van der Waals surface area contributed by atoms with Crippen LogP contribution in [0.25, 0.3) is 22.3 Å². The molecular formula is C28H25O2P. The number of carbonyl (C=O) groups is 1. The fourth-order valence-corrected chi connectivity index (χ4v) is 4.94. The minimum Gasteiger partial charge on any atom is -0.468 e. The molecule has 0 spiro atoms. The van der Waals surface area contributed by atoms with E-state index in [-0.39, 0.29) is 14.3 Å². The topological polar surface area (TPSA) is 26.3 Å². The third kappa shape index (κ3) is 4.60. The van der Waals surface area contributed by atoms with Gasteiger partial charge >= 0.3 is 0 Å². The van der Waals surface area contributed by atoms with Crippen LogP contribution in [0.4, 0.5) is 0 Å². The molecule has 0 amide bonds. The first-order valence-corrected chi connectivity index (χ1v) is 11.2. The summed E-state index contributed by atoms with van der Waals surface area (Å²) in [5, 5.41) is 0. The highest BCUT2D eigenvalue weighted by Crippen LogP contribution is 2.41. The number of rotatable bonds is 6. The van der Waals surface area contributed by atoms with Crippen LogP contribution in [-0.4, -0.2) is 5.52 Å². The molecule has 0 aliphatic carbocycles. The predicted octanol–water partition coefficient (Wildman–Crippen LogP) is 7.76. The van der Waals surface area contributed by atoms with Gasteiger partial charge in [-0.05, 0) is 54.7 Å². The lowest BCUT2D eigenvalue weighted by molar-refractivity contribution is 0.107. The second kappa shape index (κ2) is 9.29. The Morgan fingerprint density at radius 2 is 1.29 bits per heavy atom. The summed E-state index contributed by atoms with van der Waals surface area (Å²) in [6.45, 7) is 6.03. The van der Waals surface area contributed by atoms with Crippen LogP contribution in [0.5, 0.6) is 5.75 Å². The Morgan fingerprint density at radius 3 is 1.90 bits per heavy atom. The molecule has 1 atom stereocenters. The lowest BCUT2D eigenvalue weighted by Crippen LogP contribution is -2.02. The molecule has 4 aromatic rings. The summed E-state index contributed by atoms with van der Waals surface area (Å²) in [6, 6.07) is 30.6. The van der Waals surface area contributed by atoms with Crippen molar-refractivity contribution in [2.24, 2.45) is 0 Å². The van der Waals surface area contributed by atoms with E-state index in [1.54, 1.807) is 0 Å². The summed E-state index contributed by atoms with van der Waals surface area (Å²) in [5.74, 6) is 0.724. The van der Waals surface area contributed by atoms with Crippen LogP contribution in [-0.2, 0) is 0 Å². The van der Waals surface area contributed by atoms with Crippen molar-refractivity contribution in [3.8, 4) is 28.0 Å². The van der Waals surface area contributed by atoms with Gasteiger partial charge in [-0.2, -0.15) is 0 Å². The largest absolute Gasteiger partial charge is 0.468 e. The highest BCUT2D eigenvalue weighted by Gasteiger charge is 2.17. The number of hydrogen-bond donors (Lipinski definition) is 0. The maximum absolute atomic E-state index is 13.1. The molecular weight excluding hydrogens is 399 g/mol.